The van der Waals surface area contributed by atoms with E-state index in [-0.39, 0.29) is 11.5 Å². The fraction of sp³-hybridized carbons (Fsp3) is 0.214. The quantitative estimate of drug-likeness (QED) is 0.879. The van der Waals surface area contributed by atoms with Gasteiger partial charge in [0, 0.05) is 12.8 Å². The van der Waals surface area contributed by atoms with Crippen LogP contribution in [0.15, 0.2) is 47.6 Å². The van der Waals surface area contributed by atoms with Gasteiger partial charge in [-0.25, -0.2) is 8.42 Å². The lowest BCUT2D eigenvalue weighted by atomic mass is 10.2. The van der Waals surface area contributed by atoms with E-state index in [4.69, 9.17) is 5.11 Å². The van der Waals surface area contributed by atoms with Crippen molar-refractivity contribution in [2.24, 2.45) is 0 Å². The lowest BCUT2D eigenvalue weighted by Gasteiger charge is -2.08. The van der Waals surface area contributed by atoms with Crippen LogP contribution in [0.3, 0.4) is 0 Å². The highest BCUT2D eigenvalue weighted by Crippen LogP contribution is 2.16. The van der Waals surface area contributed by atoms with Crippen LogP contribution in [-0.4, -0.2) is 25.1 Å². The number of nitrogens with one attached hydrogen (secondary N) is 1. The van der Waals surface area contributed by atoms with Crippen LogP contribution in [0.2, 0.25) is 0 Å². The monoisotopic (exact) mass is 292 g/mol. The maximum Gasteiger partial charge on any atom is 0.261 e. The average Bonchev–Trinajstić information content (AvgIpc) is 2.39. The number of aryl methyl sites for hydroxylation is 1. The second kappa shape index (κ2) is 6.02. The first-order valence-electron chi connectivity index (χ1n) is 6.15. The third-order valence-electron chi connectivity index (χ3n) is 2.76. The molecule has 0 spiro atoms. The zero-order valence-corrected chi connectivity index (χ0v) is 11.9. The first kappa shape index (κ1) is 14.5. The van der Waals surface area contributed by atoms with Gasteiger partial charge < -0.3 is 5.11 Å². The maximum absolute atomic E-state index is 12.2. The number of benzene rings is 1. The van der Waals surface area contributed by atoms with Crippen LogP contribution in [0.5, 0.6) is 0 Å². The summed E-state index contributed by atoms with van der Waals surface area (Å²) < 4.78 is 26.9. The minimum atomic E-state index is -3.61. The molecule has 0 aliphatic heterocycles. The summed E-state index contributed by atoms with van der Waals surface area (Å²) in [5.41, 5.74) is 2.21. The molecule has 0 saturated carbocycles. The standard InChI is InChI=1S/C14H16N2O3S/c1-11-8-13(10-15-9-11)16-20(18,19)14-4-2-12(3-5-14)6-7-17/h2-5,8-10,16-17H,6-7H2,1H3. The third kappa shape index (κ3) is 3.55. The van der Waals surface area contributed by atoms with Gasteiger partial charge in [-0.15, -0.1) is 0 Å². The molecule has 0 fully saturated rings. The summed E-state index contributed by atoms with van der Waals surface area (Å²) in [5.74, 6) is 0. The summed E-state index contributed by atoms with van der Waals surface area (Å²) in [5, 5.41) is 8.83. The van der Waals surface area contributed by atoms with Crippen LogP contribution < -0.4 is 4.72 Å². The topological polar surface area (TPSA) is 79.3 Å². The number of rotatable bonds is 5. The molecule has 106 valence electrons. The Morgan fingerprint density at radius 2 is 1.90 bits per heavy atom. The average molecular weight is 292 g/mol. The van der Waals surface area contributed by atoms with E-state index in [0.717, 1.165) is 11.1 Å². The van der Waals surface area contributed by atoms with E-state index in [1.807, 2.05) is 6.92 Å². The van der Waals surface area contributed by atoms with Crippen molar-refractivity contribution >= 4 is 15.7 Å². The van der Waals surface area contributed by atoms with Crippen LogP contribution in [0.4, 0.5) is 5.69 Å². The fourth-order valence-corrected chi connectivity index (χ4v) is 2.82. The van der Waals surface area contributed by atoms with E-state index in [0.29, 0.717) is 12.1 Å². The van der Waals surface area contributed by atoms with E-state index >= 15 is 0 Å². The van der Waals surface area contributed by atoms with Crippen molar-refractivity contribution < 1.29 is 13.5 Å². The number of aromatic nitrogens is 1. The zero-order chi connectivity index (χ0) is 14.6. The van der Waals surface area contributed by atoms with E-state index in [2.05, 4.69) is 9.71 Å². The van der Waals surface area contributed by atoms with Gasteiger partial charge >= 0.3 is 0 Å². The molecule has 0 aliphatic rings. The van der Waals surface area contributed by atoms with Gasteiger partial charge in [0.1, 0.15) is 0 Å². The normalized spacial score (nSPS) is 11.3. The molecule has 0 amide bonds. The molecule has 0 atom stereocenters. The van der Waals surface area contributed by atoms with E-state index in [1.54, 1.807) is 24.4 Å². The molecule has 0 radical (unpaired) electrons. The number of pyridine rings is 1. The number of aliphatic hydroxyl groups excluding tert-OH is 1. The van der Waals surface area contributed by atoms with Crippen LogP contribution in [0.25, 0.3) is 0 Å². The Balaban J connectivity index is 2.21. The fourth-order valence-electron chi connectivity index (χ4n) is 1.79. The third-order valence-corrected chi connectivity index (χ3v) is 4.16. The van der Waals surface area contributed by atoms with Gasteiger partial charge in [-0.3, -0.25) is 9.71 Å². The number of anilines is 1. The summed E-state index contributed by atoms with van der Waals surface area (Å²) in [6, 6.07) is 8.15. The second-order valence-electron chi connectivity index (χ2n) is 4.47. The molecule has 1 aromatic carbocycles. The second-order valence-corrected chi connectivity index (χ2v) is 6.16. The Bertz CT molecular complexity index is 682. The summed E-state index contributed by atoms with van der Waals surface area (Å²) >= 11 is 0. The molecule has 0 bridgehead atoms. The summed E-state index contributed by atoms with van der Waals surface area (Å²) in [4.78, 5) is 4.13. The Hall–Kier alpha value is -1.92. The SMILES string of the molecule is Cc1cncc(NS(=O)(=O)c2ccc(CCO)cc2)c1. The minimum absolute atomic E-state index is 0.0410. The lowest BCUT2D eigenvalue weighted by Crippen LogP contribution is -2.13. The molecular formula is C14H16N2O3S. The summed E-state index contributed by atoms with van der Waals surface area (Å²) in [6.45, 7) is 1.88. The predicted octanol–water partition coefficient (Wildman–Crippen LogP) is 1.73. The van der Waals surface area contributed by atoms with Gasteiger partial charge in [0.15, 0.2) is 0 Å². The number of aliphatic hydroxyl groups is 1. The van der Waals surface area contributed by atoms with Crippen molar-refractivity contribution in [3.8, 4) is 0 Å². The molecule has 5 nitrogen and oxygen atoms in total. The molecular weight excluding hydrogens is 276 g/mol. The summed E-state index contributed by atoms with van der Waals surface area (Å²) in [6.07, 6.45) is 3.63. The number of hydrogen-bond acceptors (Lipinski definition) is 4. The molecule has 2 aromatic rings. The summed E-state index contributed by atoms with van der Waals surface area (Å²) in [7, 11) is -3.61. The highest BCUT2D eigenvalue weighted by atomic mass is 32.2. The van der Waals surface area contributed by atoms with E-state index in [1.165, 1.54) is 18.3 Å². The molecule has 1 heterocycles. The Labute approximate surface area is 118 Å². The number of hydrogen-bond donors (Lipinski definition) is 2. The number of nitrogens with zero attached hydrogens (tertiary/aromatic N) is 1. The zero-order valence-electron chi connectivity index (χ0n) is 11.1. The van der Waals surface area contributed by atoms with Gasteiger partial charge in [0.2, 0.25) is 0 Å². The Morgan fingerprint density at radius 3 is 2.50 bits per heavy atom. The maximum atomic E-state index is 12.2. The van der Waals surface area contributed by atoms with Gasteiger partial charge in [0.05, 0.1) is 16.8 Å². The first-order chi connectivity index (χ1) is 9.51. The largest absolute Gasteiger partial charge is 0.396 e. The van der Waals surface area contributed by atoms with Gasteiger partial charge in [0.25, 0.3) is 10.0 Å². The molecule has 0 unspecified atom stereocenters. The smallest absolute Gasteiger partial charge is 0.261 e. The van der Waals surface area contributed by atoms with Crippen LogP contribution >= 0.6 is 0 Å². The first-order valence-corrected chi connectivity index (χ1v) is 7.64. The van der Waals surface area contributed by atoms with Crippen molar-refractivity contribution in [3.63, 3.8) is 0 Å². The van der Waals surface area contributed by atoms with Crippen LogP contribution in [-0.2, 0) is 16.4 Å². The van der Waals surface area contributed by atoms with Crippen LogP contribution in [0, 0.1) is 6.92 Å². The molecule has 2 N–H and O–H groups in total. The van der Waals surface area contributed by atoms with E-state index < -0.39 is 10.0 Å². The Morgan fingerprint density at radius 1 is 1.20 bits per heavy atom. The highest BCUT2D eigenvalue weighted by molar-refractivity contribution is 7.92. The molecule has 0 aliphatic carbocycles. The van der Waals surface area contributed by atoms with Gasteiger partial charge in [-0.2, -0.15) is 0 Å². The molecule has 0 saturated heterocycles. The lowest BCUT2D eigenvalue weighted by molar-refractivity contribution is 0.299. The molecule has 6 heteroatoms. The van der Waals surface area contributed by atoms with Crippen molar-refractivity contribution in [2.45, 2.75) is 18.2 Å². The van der Waals surface area contributed by atoms with E-state index in [9.17, 15) is 8.42 Å². The molecule has 20 heavy (non-hydrogen) atoms. The van der Waals surface area contributed by atoms with Crippen molar-refractivity contribution in [1.82, 2.24) is 4.98 Å². The molecule has 1 aromatic heterocycles. The van der Waals surface area contributed by atoms with Crippen molar-refractivity contribution in [3.05, 3.63) is 53.9 Å². The minimum Gasteiger partial charge on any atom is -0.396 e. The number of sulfonamides is 1. The predicted molar refractivity (Wildman–Crippen MR) is 77.0 cm³/mol. The molecule has 2 rings (SSSR count). The van der Waals surface area contributed by atoms with Crippen molar-refractivity contribution in [1.29, 1.82) is 0 Å². The highest BCUT2D eigenvalue weighted by Gasteiger charge is 2.14. The van der Waals surface area contributed by atoms with Gasteiger partial charge in [-0.1, -0.05) is 12.1 Å². The van der Waals surface area contributed by atoms with Crippen molar-refractivity contribution in [2.75, 3.05) is 11.3 Å². The Kier molecular flexibility index (Phi) is 4.36. The van der Waals surface area contributed by atoms with Gasteiger partial charge in [-0.05, 0) is 42.7 Å². The van der Waals surface area contributed by atoms with Crippen LogP contribution in [0.1, 0.15) is 11.1 Å².